The van der Waals surface area contributed by atoms with E-state index in [1.165, 1.54) is 11.8 Å². The van der Waals surface area contributed by atoms with Crippen molar-refractivity contribution < 1.29 is 9.59 Å². The number of rotatable bonds is 6. The Morgan fingerprint density at radius 3 is 2.38 bits per heavy atom. The zero-order chi connectivity index (χ0) is 20.8. The number of hydrogen-bond donors (Lipinski definition) is 2. The van der Waals surface area contributed by atoms with Gasteiger partial charge in [-0.05, 0) is 67.9 Å². The van der Waals surface area contributed by atoms with E-state index in [0.717, 1.165) is 21.7 Å². The Hall–Kier alpha value is -2.76. The van der Waals surface area contributed by atoms with E-state index in [0.29, 0.717) is 16.3 Å². The van der Waals surface area contributed by atoms with Gasteiger partial charge in [0.1, 0.15) is 0 Å². The highest BCUT2D eigenvalue weighted by Gasteiger charge is 2.09. The number of hydrogen-bond acceptors (Lipinski definition) is 3. The molecule has 2 amide bonds. The van der Waals surface area contributed by atoms with E-state index in [9.17, 15) is 9.59 Å². The van der Waals surface area contributed by atoms with Crippen LogP contribution in [0, 0.1) is 13.8 Å². The Morgan fingerprint density at radius 1 is 0.931 bits per heavy atom. The molecular weight excluding hydrogens is 404 g/mol. The lowest BCUT2D eigenvalue weighted by Crippen LogP contribution is -2.14. The Labute approximate surface area is 179 Å². The second kappa shape index (κ2) is 9.63. The summed E-state index contributed by atoms with van der Waals surface area (Å²) in [6.45, 7) is 3.82. The minimum Gasteiger partial charge on any atom is -0.325 e. The van der Waals surface area contributed by atoms with Crippen molar-refractivity contribution in [3.63, 3.8) is 0 Å². The van der Waals surface area contributed by atoms with Crippen LogP contribution in [-0.4, -0.2) is 17.6 Å². The lowest BCUT2D eigenvalue weighted by molar-refractivity contribution is -0.113. The van der Waals surface area contributed by atoms with Crippen LogP contribution in [0.5, 0.6) is 0 Å². The summed E-state index contributed by atoms with van der Waals surface area (Å²) in [6, 6.07) is 20.3. The largest absolute Gasteiger partial charge is 0.325 e. The number of carbonyl (C=O) groups excluding carboxylic acids is 2. The number of halogens is 1. The van der Waals surface area contributed by atoms with Crippen molar-refractivity contribution in [3.05, 3.63) is 88.4 Å². The molecule has 0 spiro atoms. The highest BCUT2D eigenvalue weighted by Crippen LogP contribution is 2.24. The van der Waals surface area contributed by atoms with E-state index < -0.39 is 0 Å². The minimum absolute atomic E-state index is 0.0998. The van der Waals surface area contributed by atoms with Crippen LogP contribution in [0.25, 0.3) is 0 Å². The van der Waals surface area contributed by atoms with Crippen molar-refractivity contribution in [2.45, 2.75) is 18.7 Å². The number of aryl methyl sites for hydroxylation is 1. The van der Waals surface area contributed by atoms with Gasteiger partial charge in [0.2, 0.25) is 5.91 Å². The van der Waals surface area contributed by atoms with Gasteiger partial charge in [0.15, 0.2) is 0 Å². The summed E-state index contributed by atoms with van der Waals surface area (Å²) in [6.07, 6.45) is 0. The van der Waals surface area contributed by atoms with Gasteiger partial charge >= 0.3 is 0 Å². The number of anilines is 2. The van der Waals surface area contributed by atoms with Gasteiger partial charge in [0.25, 0.3) is 5.91 Å². The molecule has 3 aromatic rings. The third kappa shape index (κ3) is 5.86. The van der Waals surface area contributed by atoms with E-state index >= 15 is 0 Å². The van der Waals surface area contributed by atoms with Gasteiger partial charge < -0.3 is 10.6 Å². The Morgan fingerprint density at radius 2 is 1.66 bits per heavy atom. The normalized spacial score (nSPS) is 10.4. The van der Waals surface area contributed by atoms with E-state index in [2.05, 4.69) is 10.6 Å². The fourth-order valence-electron chi connectivity index (χ4n) is 2.70. The molecule has 0 atom stereocenters. The molecule has 0 aliphatic heterocycles. The van der Waals surface area contributed by atoms with Crippen LogP contribution < -0.4 is 10.6 Å². The zero-order valence-electron chi connectivity index (χ0n) is 16.2. The van der Waals surface area contributed by atoms with Crippen LogP contribution >= 0.6 is 23.4 Å². The molecule has 3 rings (SSSR count). The Bertz CT molecular complexity index is 1040. The first-order valence-electron chi connectivity index (χ1n) is 9.08. The second-order valence-corrected chi connectivity index (χ2v) is 8.05. The molecule has 0 saturated heterocycles. The number of carbonyl (C=O) groups is 2. The molecule has 0 fully saturated rings. The molecule has 0 unspecified atom stereocenters. The molecule has 3 aromatic carbocycles. The van der Waals surface area contributed by atoms with Crippen LogP contribution in [0.2, 0.25) is 5.02 Å². The Balaban J connectivity index is 1.53. The number of nitrogens with one attached hydrogen (secondary N) is 2. The highest BCUT2D eigenvalue weighted by atomic mass is 35.5. The van der Waals surface area contributed by atoms with Crippen LogP contribution in [0.4, 0.5) is 11.4 Å². The van der Waals surface area contributed by atoms with Crippen LogP contribution in [-0.2, 0) is 4.79 Å². The maximum atomic E-state index is 12.3. The maximum absolute atomic E-state index is 12.3. The molecule has 0 aromatic heterocycles. The minimum atomic E-state index is -0.148. The van der Waals surface area contributed by atoms with E-state index in [4.69, 9.17) is 11.6 Å². The van der Waals surface area contributed by atoms with Gasteiger partial charge in [-0.15, -0.1) is 11.8 Å². The van der Waals surface area contributed by atoms with E-state index in [-0.39, 0.29) is 17.6 Å². The van der Waals surface area contributed by atoms with Crippen molar-refractivity contribution >= 4 is 46.6 Å². The molecule has 0 bridgehead atoms. The first kappa shape index (κ1) is 21.0. The molecule has 0 heterocycles. The predicted octanol–water partition coefficient (Wildman–Crippen LogP) is 5.94. The van der Waals surface area contributed by atoms with E-state index in [1.807, 2.05) is 68.4 Å². The zero-order valence-corrected chi connectivity index (χ0v) is 17.7. The molecule has 29 heavy (non-hydrogen) atoms. The monoisotopic (exact) mass is 424 g/mol. The van der Waals surface area contributed by atoms with Crippen molar-refractivity contribution in [1.82, 2.24) is 0 Å². The first-order chi connectivity index (χ1) is 13.9. The van der Waals surface area contributed by atoms with E-state index in [1.54, 1.807) is 12.1 Å². The lowest BCUT2D eigenvalue weighted by Gasteiger charge is -2.10. The molecule has 0 saturated carbocycles. The summed E-state index contributed by atoms with van der Waals surface area (Å²) in [4.78, 5) is 25.5. The smallest absolute Gasteiger partial charge is 0.255 e. The second-order valence-electron chi connectivity index (χ2n) is 6.60. The fraction of sp³-hybridized carbons (Fsp3) is 0.130. The van der Waals surface area contributed by atoms with Crippen LogP contribution in [0.3, 0.4) is 0 Å². The molecule has 0 aliphatic rings. The van der Waals surface area contributed by atoms with Crippen molar-refractivity contribution in [2.24, 2.45) is 0 Å². The summed E-state index contributed by atoms with van der Waals surface area (Å²) in [5, 5.41) is 6.39. The SMILES string of the molecule is Cc1cccc(C(=O)Nc2ccc(SCC(=O)Nc3cccc(Cl)c3C)cc2)c1. The molecule has 6 heteroatoms. The predicted molar refractivity (Wildman–Crippen MR) is 121 cm³/mol. The third-order valence-corrected chi connectivity index (χ3v) is 5.73. The third-order valence-electron chi connectivity index (χ3n) is 4.30. The molecule has 0 aliphatic carbocycles. The average molecular weight is 425 g/mol. The van der Waals surface area contributed by atoms with Crippen molar-refractivity contribution in [1.29, 1.82) is 0 Å². The maximum Gasteiger partial charge on any atom is 0.255 e. The summed E-state index contributed by atoms with van der Waals surface area (Å²) in [5.74, 6) is 0.0311. The summed E-state index contributed by atoms with van der Waals surface area (Å²) < 4.78 is 0. The number of amides is 2. The molecule has 0 radical (unpaired) electrons. The van der Waals surface area contributed by atoms with Gasteiger partial charge in [0, 0.05) is 26.9 Å². The highest BCUT2D eigenvalue weighted by molar-refractivity contribution is 8.00. The van der Waals surface area contributed by atoms with Gasteiger partial charge in [-0.2, -0.15) is 0 Å². The standard InChI is InChI=1S/C23H21ClN2O2S/c1-15-5-3-6-17(13-15)23(28)25-18-9-11-19(12-10-18)29-14-22(27)26-21-8-4-7-20(24)16(21)2/h3-13H,14H2,1-2H3,(H,25,28)(H,26,27). The summed E-state index contributed by atoms with van der Waals surface area (Å²) in [7, 11) is 0. The van der Waals surface area contributed by atoms with Crippen molar-refractivity contribution in [3.8, 4) is 0 Å². The molecule has 4 nitrogen and oxygen atoms in total. The lowest BCUT2D eigenvalue weighted by atomic mass is 10.1. The van der Waals surface area contributed by atoms with Crippen LogP contribution in [0.15, 0.2) is 71.6 Å². The van der Waals surface area contributed by atoms with Crippen molar-refractivity contribution in [2.75, 3.05) is 16.4 Å². The first-order valence-corrected chi connectivity index (χ1v) is 10.4. The van der Waals surface area contributed by atoms with Crippen LogP contribution in [0.1, 0.15) is 21.5 Å². The average Bonchev–Trinajstić information content (AvgIpc) is 2.71. The number of thioether (sulfide) groups is 1. The van der Waals surface area contributed by atoms with Gasteiger partial charge in [-0.1, -0.05) is 35.4 Å². The molecular formula is C23H21ClN2O2S. The summed E-state index contributed by atoms with van der Waals surface area (Å²) in [5.41, 5.74) is 3.94. The molecule has 2 N–H and O–H groups in total. The number of benzene rings is 3. The van der Waals surface area contributed by atoms with Gasteiger partial charge in [-0.3, -0.25) is 9.59 Å². The van der Waals surface area contributed by atoms with Gasteiger partial charge in [-0.25, -0.2) is 0 Å². The Kier molecular flexibility index (Phi) is 6.96. The summed E-state index contributed by atoms with van der Waals surface area (Å²) >= 11 is 7.51. The fourth-order valence-corrected chi connectivity index (χ4v) is 3.58. The quantitative estimate of drug-likeness (QED) is 0.481. The molecule has 148 valence electrons. The van der Waals surface area contributed by atoms with Gasteiger partial charge in [0.05, 0.1) is 5.75 Å². The topological polar surface area (TPSA) is 58.2 Å².